The van der Waals surface area contributed by atoms with Crippen LogP contribution in [0.4, 0.5) is 5.69 Å². The van der Waals surface area contributed by atoms with E-state index in [-0.39, 0.29) is 11.4 Å². The number of amides is 1. The summed E-state index contributed by atoms with van der Waals surface area (Å²) < 4.78 is 5.52. The summed E-state index contributed by atoms with van der Waals surface area (Å²) in [6, 6.07) is 13.0. The number of carbonyl (C=O) groups is 1. The van der Waals surface area contributed by atoms with Crippen LogP contribution in [0, 0.1) is 0 Å². The number of rotatable bonds is 5. The zero-order valence-corrected chi connectivity index (χ0v) is 13.8. The fourth-order valence-electron chi connectivity index (χ4n) is 2.37. The van der Waals surface area contributed by atoms with Crippen LogP contribution in [-0.2, 0) is 4.79 Å². The number of benzene rings is 2. The molecule has 24 heavy (non-hydrogen) atoms. The molecular weight excluding hydrogens is 304 g/mol. The second kappa shape index (κ2) is 7.41. The highest BCUT2D eigenvalue weighted by atomic mass is 16.5. The van der Waals surface area contributed by atoms with Crippen molar-refractivity contribution in [3.63, 3.8) is 0 Å². The Hall–Kier alpha value is -3.15. The molecule has 0 aromatic heterocycles. The molecule has 2 aromatic carbocycles. The third-order valence-corrected chi connectivity index (χ3v) is 3.61. The number of likely N-dealkylation sites (N-methyl/N-ethyl adjacent to an activating group) is 1. The molecule has 0 unspecified atom stereocenters. The van der Waals surface area contributed by atoms with E-state index in [1.54, 1.807) is 6.07 Å². The highest BCUT2D eigenvalue weighted by Gasteiger charge is 2.14. The summed E-state index contributed by atoms with van der Waals surface area (Å²) in [6.07, 6.45) is 0. The third-order valence-electron chi connectivity index (χ3n) is 3.61. The lowest BCUT2D eigenvalue weighted by Crippen LogP contribution is -2.27. The van der Waals surface area contributed by atoms with Crippen molar-refractivity contribution in [3.05, 3.63) is 53.7 Å². The highest BCUT2D eigenvalue weighted by molar-refractivity contribution is 6.01. The number of nitrogens with one attached hydrogen (secondary N) is 1. The maximum Gasteiger partial charge on any atom is 0.269 e. The Morgan fingerprint density at radius 1 is 1.17 bits per heavy atom. The molecule has 0 heterocycles. The molecule has 6 heteroatoms. The maximum atomic E-state index is 11.7. The van der Waals surface area contributed by atoms with Crippen LogP contribution < -0.4 is 27.3 Å². The number of hydrogen-bond acceptors (Lipinski definition) is 5. The first-order chi connectivity index (χ1) is 11.5. The van der Waals surface area contributed by atoms with Crippen LogP contribution in [0.3, 0.4) is 0 Å². The van der Waals surface area contributed by atoms with E-state index in [0.717, 1.165) is 16.9 Å². The highest BCUT2D eigenvalue weighted by Crippen LogP contribution is 2.33. The van der Waals surface area contributed by atoms with Gasteiger partial charge in [0.2, 0.25) is 0 Å². The van der Waals surface area contributed by atoms with E-state index in [1.807, 2.05) is 43.3 Å². The van der Waals surface area contributed by atoms with Gasteiger partial charge in [-0.25, -0.2) is 0 Å². The van der Waals surface area contributed by atoms with Gasteiger partial charge in [-0.15, -0.1) is 0 Å². The minimum atomic E-state index is -0.448. The van der Waals surface area contributed by atoms with Crippen molar-refractivity contribution in [2.24, 2.45) is 11.5 Å². The molecule has 0 aliphatic rings. The molecule has 0 spiro atoms. The molecule has 6 nitrogen and oxygen atoms in total. The van der Waals surface area contributed by atoms with E-state index < -0.39 is 5.91 Å². The Balaban J connectivity index is 2.53. The SMILES string of the molecule is CCOc1cccc(-c2cccc(/C(N)=C(\N)C(=O)NC)c2N)c1. The van der Waals surface area contributed by atoms with E-state index in [0.29, 0.717) is 17.9 Å². The zero-order valence-electron chi connectivity index (χ0n) is 13.8. The molecular formula is C18H22N4O2. The van der Waals surface area contributed by atoms with Gasteiger partial charge in [-0.3, -0.25) is 4.79 Å². The van der Waals surface area contributed by atoms with E-state index >= 15 is 0 Å². The van der Waals surface area contributed by atoms with Crippen molar-refractivity contribution in [2.45, 2.75) is 6.92 Å². The second-order valence-electron chi connectivity index (χ2n) is 5.13. The van der Waals surface area contributed by atoms with Gasteiger partial charge in [0.05, 0.1) is 12.3 Å². The predicted octanol–water partition coefficient (Wildman–Crippen LogP) is 1.67. The fraction of sp³-hybridized carbons (Fsp3) is 0.167. The van der Waals surface area contributed by atoms with Crippen molar-refractivity contribution < 1.29 is 9.53 Å². The van der Waals surface area contributed by atoms with Crippen molar-refractivity contribution in [3.8, 4) is 16.9 Å². The summed E-state index contributed by atoms with van der Waals surface area (Å²) in [5, 5.41) is 2.44. The summed E-state index contributed by atoms with van der Waals surface area (Å²) in [7, 11) is 1.49. The molecule has 2 rings (SSSR count). The van der Waals surface area contributed by atoms with Crippen LogP contribution in [0.2, 0.25) is 0 Å². The van der Waals surface area contributed by atoms with Gasteiger partial charge in [-0.2, -0.15) is 0 Å². The van der Waals surface area contributed by atoms with Crippen LogP contribution in [0.1, 0.15) is 12.5 Å². The summed E-state index contributed by atoms with van der Waals surface area (Å²) in [5.74, 6) is 0.309. The van der Waals surface area contributed by atoms with Crippen molar-refractivity contribution in [2.75, 3.05) is 19.4 Å². The molecule has 0 aliphatic heterocycles. The number of anilines is 1. The van der Waals surface area contributed by atoms with E-state index in [4.69, 9.17) is 21.9 Å². The third kappa shape index (κ3) is 3.43. The minimum Gasteiger partial charge on any atom is -0.494 e. The van der Waals surface area contributed by atoms with Gasteiger partial charge < -0.3 is 27.3 Å². The number of hydrogen-bond donors (Lipinski definition) is 4. The van der Waals surface area contributed by atoms with Gasteiger partial charge >= 0.3 is 0 Å². The average Bonchev–Trinajstić information content (AvgIpc) is 2.60. The summed E-state index contributed by atoms with van der Waals surface area (Å²) in [4.78, 5) is 11.7. The van der Waals surface area contributed by atoms with Crippen molar-refractivity contribution >= 4 is 17.3 Å². The average molecular weight is 326 g/mol. The molecule has 2 aromatic rings. The van der Waals surface area contributed by atoms with Gasteiger partial charge in [0.25, 0.3) is 5.91 Å². The molecule has 1 amide bonds. The van der Waals surface area contributed by atoms with Crippen LogP contribution in [-0.4, -0.2) is 19.6 Å². The predicted molar refractivity (Wildman–Crippen MR) is 96.8 cm³/mol. The monoisotopic (exact) mass is 326 g/mol. The van der Waals surface area contributed by atoms with E-state index in [1.165, 1.54) is 7.05 Å². The van der Waals surface area contributed by atoms with Gasteiger partial charge in [-0.1, -0.05) is 30.3 Å². The zero-order chi connectivity index (χ0) is 17.7. The Labute approximate surface area is 141 Å². The van der Waals surface area contributed by atoms with E-state index in [9.17, 15) is 4.79 Å². The molecule has 0 aliphatic carbocycles. The largest absolute Gasteiger partial charge is 0.494 e. The number of nitrogen functional groups attached to an aromatic ring is 1. The first-order valence-electron chi connectivity index (χ1n) is 7.59. The molecule has 0 atom stereocenters. The van der Waals surface area contributed by atoms with Crippen LogP contribution in [0.5, 0.6) is 5.75 Å². The number of ether oxygens (including phenoxy) is 1. The molecule has 0 saturated heterocycles. The van der Waals surface area contributed by atoms with Crippen LogP contribution in [0.25, 0.3) is 16.8 Å². The van der Waals surface area contributed by atoms with Gasteiger partial charge in [0, 0.05) is 23.9 Å². The molecule has 0 saturated carbocycles. The van der Waals surface area contributed by atoms with E-state index in [2.05, 4.69) is 5.32 Å². The molecule has 7 N–H and O–H groups in total. The summed E-state index contributed by atoms with van der Waals surface area (Å²) in [6.45, 7) is 2.51. The minimum absolute atomic E-state index is 0.0654. The number of carbonyl (C=O) groups excluding carboxylic acids is 1. The number of nitrogens with two attached hydrogens (primary N) is 3. The lowest BCUT2D eigenvalue weighted by atomic mass is 9.98. The molecule has 0 radical (unpaired) electrons. The molecule has 0 fully saturated rings. The lowest BCUT2D eigenvalue weighted by molar-refractivity contribution is -0.117. The van der Waals surface area contributed by atoms with Gasteiger partial charge in [-0.05, 0) is 24.6 Å². The second-order valence-corrected chi connectivity index (χ2v) is 5.13. The van der Waals surface area contributed by atoms with Gasteiger partial charge in [0.15, 0.2) is 0 Å². The van der Waals surface area contributed by atoms with Gasteiger partial charge in [0.1, 0.15) is 11.4 Å². The quantitative estimate of drug-likeness (QED) is 0.492. The maximum absolute atomic E-state index is 11.7. The Morgan fingerprint density at radius 3 is 2.54 bits per heavy atom. The van der Waals surface area contributed by atoms with Crippen LogP contribution >= 0.6 is 0 Å². The summed E-state index contributed by atoms with van der Waals surface area (Å²) >= 11 is 0. The Kier molecular flexibility index (Phi) is 5.31. The smallest absolute Gasteiger partial charge is 0.269 e. The van der Waals surface area contributed by atoms with Crippen LogP contribution in [0.15, 0.2) is 48.2 Å². The fourth-order valence-corrected chi connectivity index (χ4v) is 2.37. The lowest BCUT2D eigenvalue weighted by Gasteiger charge is -2.14. The first-order valence-corrected chi connectivity index (χ1v) is 7.59. The standard InChI is InChI=1S/C18H22N4O2/c1-3-24-12-7-4-6-11(10-12)13-8-5-9-14(15(13)19)16(20)17(21)18(23)22-2/h4-10H,3,19-21H2,1-2H3,(H,22,23)/b17-16+. The Bertz CT molecular complexity index is 784. The molecule has 126 valence electrons. The normalized spacial score (nSPS) is 11.6. The first kappa shape index (κ1) is 17.2. The van der Waals surface area contributed by atoms with Crippen molar-refractivity contribution in [1.29, 1.82) is 0 Å². The Morgan fingerprint density at radius 2 is 1.88 bits per heavy atom. The van der Waals surface area contributed by atoms with Crippen molar-refractivity contribution in [1.82, 2.24) is 5.32 Å². The number of para-hydroxylation sites is 1. The topological polar surface area (TPSA) is 116 Å². The summed E-state index contributed by atoms with van der Waals surface area (Å²) in [5.41, 5.74) is 20.8. The molecule has 0 bridgehead atoms.